The van der Waals surface area contributed by atoms with Gasteiger partial charge >= 0.3 is 5.97 Å². The van der Waals surface area contributed by atoms with Crippen molar-refractivity contribution in [1.82, 2.24) is 4.90 Å². The molecular weight excluding hydrogens is 170 g/mol. The predicted octanol–water partition coefficient (Wildman–Crippen LogP) is 0.562. The van der Waals surface area contributed by atoms with E-state index in [-0.39, 0.29) is 11.9 Å². The molecule has 1 fully saturated rings. The van der Waals surface area contributed by atoms with Gasteiger partial charge in [0.05, 0.1) is 6.61 Å². The number of rotatable bonds is 4. The van der Waals surface area contributed by atoms with Crippen LogP contribution in [0.15, 0.2) is 0 Å². The van der Waals surface area contributed by atoms with E-state index in [9.17, 15) is 9.59 Å². The molecule has 0 radical (unpaired) electrons. The first-order valence-electron chi connectivity index (χ1n) is 4.61. The van der Waals surface area contributed by atoms with Crippen molar-refractivity contribution in [2.24, 2.45) is 0 Å². The second-order valence-electron chi connectivity index (χ2n) is 3.18. The Hall–Kier alpha value is -1.06. The minimum absolute atomic E-state index is 0.225. The molecule has 1 amide bonds. The quantitative estimate of drug-likeness (QED) is 0.475. The van der Waals surface area contributed by atoms with Crippen LogP contribution < -0.4 is 0 Å². The van der Waals surface area contributed by atoms with Gasteiger partial charge in [-0.05, 0) is 12.8 Å². The summed E-state index contributed by atoms with van der Waals surface area (Å²) in [5, 5.41) is 0. The zero-order chi connectivity index (χ0) is 9.68. The molecule has 0 N–H and O–H groups in total. The van der Waals surface area contributed by atoms with Gasteiger partial charge in [0.25, 0.3) is 0 Å². The van der Waals surface area contributed by atoms with E-state index < -0.39 is 0 Å². The molecule has 74 valence electrons. The number of amides is 1. The molecule has 0 unspecified atom stereocenters. The standard InChI is InChI=1S/C9H15NO3/c1-8(11)13-7-3-6-10-5-2-4-9(10)12/h2-7H2,1H3. The van der Waals surface area contributed by atoms with Crippen molar-refractivity contribution >= 4 is 11.9 Å². The third kappa shape index (κ3) is 3.44. The van der Waals surface area contributed by atoms with Gasteiger partial charge in [0.2, 0.25) is 5.91 Å². The summed E-state index contributed by atoms with van der Waals surface area (Å²) in [4.78, 5) is 23.3. The summed E-state index contributed by atoms with van der Waals surface area (Å²) in [6.07, 6.45) is 2.38. The second-order valence-corrected chi connectivity index (χ2v) is 3.18. The summed E-state index contributed by atoms with van der Waals surface area (Å²) in [5.74, 6) is -0.0319. The largest absolute Gasteiger partial charge is 0.466 e. The van der Waals surface area contributed by atoms with Crippen molar-refractivity contribution in [1.29, 1.82) is 0 Å². The Morgan fingerprint density at radius 1 is 1.62 bits per heavy atom. The number of carbonyl (C=O) groups is 2. The lowest BCUT2D eigenvalue weighted by Crippen LogP contribution is -2.26. The predicted molar refractivity (Wildman–Crippen MR) is 47.1 cm³/mol. The van der Waals surface area contributed by atoms with E-state index in [1.807, 2.05) is 4.90 Å². The highest BCUT2D eigenvalue weighted by molar-refractivity contribution is 5.78. The van der Waals surface area contributed by atoms with E-state index in [4.69, 9.17) is 4.74 Å². The molecule has 0 aromatic carbocycles. The number of ether oxygens (including phenoxy) is 1. The summed E-state index contributed by atoms with van der Waals surface area (Å²) < 4.78 is 4.76. The van der Waals surface area contributed by atoms with Crippen LogP contribution in [0.2, 0.25) is 0 Å². The minimum Gasteiger partial charge on any atom is -0.466 e. The molecule has 0 aromatic heterocycles. The lowest BCUT2D eigenvalue weighted by atomic mass is 10.4. The van der Waals surface area contributed by atoms with Crippen LogP contribution in [0.25, 0.3) is 0 Å². The van der Waals surface area contributed by atoms with Crippen molar-refractivity contribution in [2.75, 3.05) is 19.7 Å². The Morgan fingerprint density at radius 3 is 2.92 bits per heavy atom. The molecule has 1 aliphatic rings. The topological polar surface area (TPSA) is 46.6 Å². The van der Waals surface area contributed by atoms with Gasteiger partial charge in [0.15, 0.2) is 0 Å². The molecule has 0 aliphatic carbocycles. The maximum absolute atomic E-state index is 11.1. The molecule has 1 saturated heterocycles. The highest BCUT2D eigenvalue weighted by Gasteiger charge is 2.18. The van der Waals surface area contributed by atoms with Gasteiger partial charge < -0.3 is 9.64 Å². The summed E-state index contributed by atoms with van der Waals surface area (Å²) in [6, 6.07) is 0. The summed E-state index contributed by atoms with van der Waals surface area (Å²) in [7, 11) is 0. The molecule has 0 aromatic rings. The molecule has 0 atom stereocenters. The minimum atomic E-state index is -0.257. The molecule has 13 heavy (non-hydrogen) atoms. The van der Waals surface area contributed by atoms with Crippen LogP contribution in [0.3, 0.4) is 0 Å². The SMILES string of the molecule is CC(=O)OCCCN1CCCC1=O. The first kappa shape index (κ1) is 10.0. The average molecular weight is 185 g/mol. The third-order valence-electron chi connectivity index (χ3n) is 2.05. The van der Waals surface area contributed by atoms with Gasteiger partial charge in [-0.25, -0.2) is 0 Å². The zero-order valence-corrected chi connectivity index (χ0v) is 7.91. The van der Waals surface area contributed by atoms with Gasteiger partial charge in [-0.2, -0.15) is 0 Å². The number of hydrogen-bond acceptors (Lipinski definition) is 3. The molecule has 0 saturated carbocycles. The van der Waals surface area contributed by atoms with Crippen molar-refractivity contribution in [3.8, 4) is 0 Å². The normalized spacial score (nSPS) is 16.4. The Balaban J connectivity index is 2.05. The molecule has 0 spiro atoms. The zero-order valence-electron chi connectivity index (χ0n) is 7.91. The second kappa shape index (κ2) is 4.84. The van der Waals surface area contributed by atoms with Crippen LogP contribution in [0.5, 0.6) is 0 Å². The van der Waals surface area contributed by atoms with Crippen molar-refractivity contribution < 1.29 is 14.3 Å². The van der Waals surface area contributed by atoms with Crippen LogP contribution in [0.4, 0.5) is 0 Å². The number of nitrogens with zero attached hydrogens (tertiary/aromatic N) is 1. The maximum Gasteiger partial charge on any atom is 0.302 e. The fourth-order valence-electron chi connectivity index (χ4n) is 1.41. The summed E-state index contributed by atoms with van der Waals surface area (Å²) in [6.45, 7) is 3.38. The Labute approximate surface area is 77.8 Å². The van der Waals surface area contributed by atoms with Gasteiger partial charge in [-0.15, -0.1) is 0 Å². The Bertz CT molecular complexity index is 203. The third-order valence-corrected chi connectivity index (χ3v) is 2.05. The maximum atomic E-state index is 11.1. The van der Waals surface area contributed by atoms with Crippen LogP contribution >= 0.6 is 0 Å². The fourth-order valence-corrected chi connectivity index (χ4v) is 1.41. The molecule has 1 heterocycles. The van der Waals surface area contributed by atoms with E-state index in [1.54, 1.807) is 0 Å². The molecule has 4 heteroatoms. The van der Waals surface area contributed by atoms with E-state index in [1.165, 1.54) is 6.92 Å². The Kier molecular flexibility index (Phi) is 3.73. The van der Waals surface area contributed by atoms with E-state index in [2.05, 4.69) is 0 Å². The van der Waals surface area contributed by atoms with Crippen LogP contribution in [-0.2, 0) is 14.3 Å². The first-order valence-corrected chi connectivity index (χ1v) is 4.61. The van der Waals surface area contributed by atoms with Crippen molar-refractivity contribution in [3.05, 3.63) is 0 Å². The first-order chi connectivity index (χ1) is 6.20. The fraction of sp³-hybridized carbons (Fsp3) is 0.778. The number of carbonyl (C=O) groups excluding carboxylic acids is 2. The molecule has 1 aliphatic heterocycles. The summed E-state index contributed by atoms with van der Waals surface area (Å²) >= 11 is 0. The number of hydrogen-bond donors (Lipinski definition) is 0. The number of esters is 1. The van der Waals surface area contributed by atoms with E-state index in [0.717, 1.165) is 19.4 Å². The molecular formula is C9H15NO3. The summed E-state index contributed by atoms with van der Waals surface area (Å²) in [5.41, 5.74) is 0. The average Bonchev–Trinajstić information content (AvgIpc) is 2.45. The van der Waals surface area contributed by atoms with Gasteiger partial charge in [-0.3, -0.25) is 9.59 Å². The highest BCUT2D eigenvalue weighted by Crippen LogP contribution is 2.09. The van der Waals surface area contributed by atoms with E-state index in [0.29, 0.717) is 19.6 Å². The Morgan fingerprint density at radius 2 is 2.38 bits per heavy atom. The van der Waals surface area contributed by atoms with E-state index >= 15 is 0 Å². The lowest BCUT2D eigenvalue weighted by Gasteiger charge is -2.14. The number of likely N-dealkylation sites (tertiary alicyclic amines) is 1. The molecule has 4 nitrogen and oxygen atoms in total. The van der Waals surface area contributed by atoms with Crippen molar-refractivity contribution in [3.63, 3.8) is 0 Å². The van der Waals surface area contributed by atoms with Gasteiger partial charge in [0, 0.05) is 26.4 Å². The van der Waals surface area contributed by atoms with Crippen LogP contribution in [0.1, 0.15) is 26.2 Å². The van der Waals surface area contributed by atoms with Crippen LogP contribution in [0, 0.1) is 0 Å². The van der Waals surface area contributed by atoms with Crippen LogP contribution in [-0.4, -0.2) is 36.5 Å². The van der Waals surface area contributed by atoms with Crippen molar-refractivity contribution in [2.45, 2.75) is 26.2 Å². The van der Waals surface area contributed by atoms with Gasteiger partial charge in [0.1, 0.15) is 0 Å². The smallest absolute Gasteiger partial charge is 0.302 e. The lowest BCUT2D eigenvalue weighted by molar-refractivity contribution is -0.141. The highest BCUT2D eigenvalue weighted by atomic mass is 16.5. The van der Waals surface area contributed by atoms with Gasteiger partial charge in [-0.1, -0.05) is 0 Å². The molecule has 0 bridgehead atoms. The monoisotopic (exact) mass is 185 g/mol. The molecule has 1 rings (SSSR count).